The molecule has 0 aliphatic rings. The highest BCUT2D eigenvalue weighted by Crippen LogP contribution is 2.28. The highest BCUT2D eigenvalue weighted by atomic mass is 79.9. The van der Waals surface area contributed by atoms with Crippen LogP contribution >= 0.6 is 28.3 Å². The summed E-state index contributed by atoms with van der Waals surface area (Å²) in [5.74, 6) is 1.91. The van der Waals surface area contributed by atoms with E-state index in [0.717, 1.165) is 34.5 Å². The first kappa shape index (κ1) is 18.3. The zero-order chi connectivity index (χ0) is 14.8. The van der Waals surface area contributed by atoms with Crippen molar-refractivity contribution in [2.45, 2.75) is 46.2 Å². The fourth-order valence-corrected chi connectivity index (χ4v) is 2.45. The zero-order valence-corrected chi connectivity index (χ0v) is 15.4. The standard InChI is InChI=1S/C17H22BrNO.ClH/c1-5-17(3,4)19-11-14-7-9-16(20-14)15-8-6-13(18)10-12(15)2;/h6-10,19H,5,11H2,1-4H3;1H. The number of nitrogens with one attached hydrogen (secondary N) is 1. The zero-order valence-electron chi connectivity index (χ0n) is 13.0. The number of benzene rings is 1. The lowest BCUT2D eigenvalue weighted by atomic mass is 10.0. The Bertz CT molecular complexity index is 592. The molecule has 1 aromatic carbocycles. The molecule has 1 N–H and O–H groups in total. The fourth-order valence-electron chi connectivity index (χ4n) is 1.97. The Morgan fingerprint density at radius 2 is 1.90 bits per heavy atom. The molecule has 0 radical (unpaired) electrons. The molecule has 0 spiro atoms. The molecule has 1 heterocycles. The van der Waals surface area contributed by atoms with Crippen LogP contribution in [-0.2, 0) is 6.54 Å². The molecule has 2 nitrogen and oxygen atoms in total. The average molecular weight is 373 g/mol. The van der Waals surface area contributed by atoms with Crippen LogP contribution in [0, 0.1) is 6.92 Å². The molecule has 2 rings (SSSR count). The van der Waals surface area contributed by atoms with E-state index in [2.05, 4.69) is 67.1 Å². The SMILES string of the molecule is CCC(C)(C)NCc1ccc(-c2ccc(Br)cc2C)o1.Cl. The number of furan rings is 1. The lowest BCUT2D eigenvalue weighted by Gasteiger charge is -2.23. The third-order valence-electron chi connectivity index (χ3n) is 3.74. The maximum atomic E-state index is 5.95. The quantitative estimate of drug-likeness (QED) is 0.726. The van der Waals surface area contributed by atoms with Crippen molar-refractivity contribution in [3.05, 3.63) is 46.1 Å². The van der Waals surface area contributed by atoms with Crippen LogP contribution < -0.4 is 5.32 Å². The number of halogens is 2. The predicted molar refractivity (Wildman–Crippen MR) is 95.0 cm³/mol. The van der Waals surface area contributed by atoms with Gasteiger partial charge in [0.25, 0.3) is 0 Å². The number of aryl methyl sites for hydroxylation is 1. The topological polar surface area (TPSA) is 25.2 Å². The van der Waals surface area contributed by atoms with Crippen molar-refractivity contribution in [1.82, 2.24) is 5.32 Å². The summed E-state index contributed by atoms with van der Waals surface area (Å²) in [5, 5.41) is 3.51. The second kappa shape index (κ2) is 7.48. The van der Waals surface area contributed by atoms with E-state index in [-0.39, 0.29) is 17.9 Å². The number of rotatable bonds is 5. The van der Waals surface area contributed by atoms with E-state index >= 15 is 0 Å². The molecule has 4 heteroatoms. The lowest BCUT2D eigenvalue weighted by molar-refractivity contribution is 0.353. The molecule has 0 aliphatic carbocycles. The van der Waals surface area contributed by atoms with Crippen molar-refractivity contribution in [2.75, 3.05) is 0 Å². The van der Waals surface area contributed by atoms with Crippen molar-refractivity contribution < 1.29 is 4.42 Å². The largest absolute Gasteiger partial charge is 0.460 e. The molecular formula is C17H23BrClNO. The highest BCUT2D eigenvalue weighted by Gasteiger charge is 2.15. The van der Waals surface area contributed by atoms with Gasteiger partial charge in [0.15, 0.2) is 0 Å². The summed E-state index contributed by atoms with van der Waals surface area (Å²) in [6.07, 6.45) is 1.09. The van der Waals surface area contributed by atoms with Crippen LogP contribution in [0.3, 0.4) is 0 Å². The van der Waals surface area contributed by atoms with Gasteiger partial charge in [0.05, 0.1) is 6.54 Å². The Balaban J connectivity index is 0.00000220. The molecule has 0 saturated carbocycles. The molecule has 0 unspecified atom stereocenters. The molecule has 0 bridgehead atoms. The van der Waals surface area contributed by atoms with E-state index in [1.807, 2.05) is 12.1 Å². The molecule has 0 amide bonds. The first-order valence-electron chi connectivity index (χ1n) is 7.01. The molecule has 0 saturated heterocycles. The molecular weight excluding hydrogens is 350 g/mol. The van der Waals surface area contributed by atoms with Gasteiger partial charge in [0, 0.05) is 15.6 Å². The summed E-state index contributed by atoms with van der Waals surface area (Å²) < 4.78 is 7.05. The second-order valence-corrected chi connectivity index (χ2v) is 6.73. The minimum absolute atomic E-state index is 0. The van der Waals surface area contributed by atoms with Crippen LogP contribution in [0.25, 0.3) is 11.3 Å². The van der Waals surface area contributed by atoms with Gasteiger partial charge in [-0.1, -0.05) is 22.9 Å². The Morgan fingerprint density at radius 1 is 1.19 bits per heavy atom. The minimum Gasteiger partial charge on any atom is -0.460 e. The maximum Gasteiger partial charge on any atom is 0.134 e. The average Bonchev–Trinajstić information content (AvgIpc) is 2.85. The Labute approximate surface area is 141 Å². The van der Waals surface area contributed by atoms with Gasteiger partial charge in [-0.05, 0) is 63.1 Å². The van der Waals surface area contributed by atoms with Crippen molar-refractivity contribution in [3.63, 3.8) is 0 Å². The summed E-state index contributed by atoms with van der Waals surface area (Å²) in [5.41, 5.74) is 2.50. The van der Waals surface area contributed by atoms with E-state index in [1.165, 1.54) is 5.56 Å². The maximum absolute atomic E-state index is 5.95. The third-order valence-corrected chi connectivity index (χ3v) is 4.23. The van der Waals surface area contributed by atoms with Gasteiger partial charge in [-0.25, -0.2) is 0 Å². The predicted octanol–water partition coefficient (Wildman–Crippen LogP) is 5.72. The summed E-state index contributed by atoms with van der Waals surface area (Å²) in [4.78, 5) is 0. The van der Waals surface area contributed by atoms with Gasteiger partial charge in [0.2, 0.25) is 0 Å². The van der Waals surface area contributed by atoms with Crippen molar-refractivity contribution in [3.8, 4) is 11.3 Å². The van der Waals surface area contributed by atoms with Gasteiger partial charge < -0.3 is 9.73 Å². The fraction of sp³-hybridized carbons (Fsp3) is 0.412. The van der Waals surface area contributed by atoms with Crippen molar-refractivity contribution >= 4 is 28.3 Å². The highest BCUT2D eigenvalue weighted by molar-refractivity contribution is 9.10. The van der Waals surface area contributed by atoms with Crippen LogP contribution in [0.5, 0.6) is 0 Å². The van der Waals surface area contributed by atoms with E-state index in [0.29, 0.717) is 0 Å². The van der Waals surface area contributed by atoms with Crippen LogP contribution in [-0.4, -0.2) is 5.54 Å². The third kappa shape index (κ3) is 4.87. The van der Waals surface area contributed by atoms with Crippen molar-refractivity contribution in [2.24, 2.45) is 0 Å². The summed E-state index contributed by atoms with van der Waals surface area (Å²) in [7, 11) is 0. The van der Waals surface area contributed by atoms with Gasteiger partial charge in [-0.15, -0.1) is 12.4 Å². The van der Waals surface area contributed by atoms with Gasteiger partial charge in [-0.3, -0.25) is 0 Å². The van der Waals surface area contributed by atoms with Gasteiger partial charge in [-0.2, -0.15) is 0 Å². The van der Waals surface area contributed by atoms with Crippen LogP contribution in [0.4, 0.5) is 0 Å². The van der Waals surface area contributed by atoms with Crippen LogP contribution in [0.15, 0.2) is 39.2 Å². The normalized spacial score (nSPS) is 11.3. The first-order chi connectivity index (χ1) is 9.41. The molecule has 0 atom stereocenters. The second-order valence-electron chi connectivity index (χ2n) is 5.82. The molecule has 2 aromatic rings. The van der Waals surface area contributed by atoms with E-state index in [4.69, 9.17) is 4.42 Å². The monoisotopic (exact) mass is 371 g/mol. The summed E-state index contributed by atoms with van der Waals surface area (Å²) >= 11 is 3.49. The first-order valence-corrected chi connectivity index (χ1v) is 7.81. The molecule has 116 valence electrons. The summed E-state index contributed by atoms with van der Waals surface area (Å²) in [6.45, 7) is 9.45. The van der Waals surface area contributed by atoms with Gasteiger partial charge in [0.1, 0.15) is 11.5 Å². The lowest BCUT2D eigenvalue weighted by Crippen LogP contribution is -2.37. The van der Waals surface area contributed by atoms with Crippen LogP contribution in [0.2, 0.25) is 0 Å². The minimum atomic E-state index is 0. The Kier molecular flexibility index (Phi) is 6.51. The van der Waals surface area contributed by atoms with Gasteiger partial charge >= 0.3 is 0 Å². The molecule has 21 heavy (non-hydrogen) atoms. The van der Waals surface area contributed by atoms with Crippen LogP contribution in [0.1, 0.15) is 38.5 Å². The van der Waals surface area contributed by atoms with Crippen molar-refractivity contribution in [1.29, 1.82) is 0 Å². The number of hydrogen-bond donors (Lipinski definition) is 1. The smallest absolute Gasteiger partial charge is 0.134 e. The molecule has 1 aromatic heterocycles. The molecule has 0 fully saturated rings. The van der Waals surface area contributed by atoms with E-state index in [1.54, 1.807) is 0 Å². The molecule has 0 aliphatic heterocycles. The number of hydrogen-bond acceptors (Lipinski definition) is 2. The summed E-state index contributed by atoms with van der Waals surface area (Å²) in [6, 6.07) is 10.3. The Hall–Kier alpha value is -0.770. The van der Waals surface area contributed by atoms with E-state index in [9.17, 15) is 0 Å². The Morgan fingerprint density at radius 3 is 2.52 bits per heavy atom. The van der Waals surface area contributed by atoms with E-state index < -0.39 is 0 Å².